The van der Waals surface area contributed by atoms with Crippen LogP contribution in [0, 0.1) is 10.1 Å². The summed E-state index contributed by atoms with van der Waals surface area (Å²) in [7, 11) is 0. The van der Waals surface area contributed by atoms with Crippen molar-refractivity contribution in [3.8, 4) is 5.69 Å². The molecule has 0 spiro atoms. The molecule has 2 heterocycles. The summed E-state index contributed by atoms with van der Waals surface area (Å²) in [6.07, 6.45) is 1.52. The minimum absolute atomic E-state index is 0.104. The van der Waals surface area contributed by atoms with Gasteiger partial charge in [-0.3, -0.25) is 10.1 Å². The number of nitro benzene ring substituents is 1. The Kier molecular flexibility index (Phi) is 6.67. The lowest BCUT2D eigenvalue weighted by Gasteiger charge is -2.28. The Morgan fingerprint density at radius 2 is 1.72 bits per heavy atom. The molecule has 1 aliphatic rings. The van der Waals surface area contributed by atoms with Crippen molar-refractivity contribution in [2.75, 3.05) is 13.2 Å². The van der Waals surface area contributed by atoms with Crippen LogP contribution in [0.5, 0.6) is 0 Å². The molecule has 0 saturated carbocycles. The fourth-order valence-corrected chi connectivity index (χ4v) is 3.53. The molecule has 0 fully saturated rings. The lowest BCUT2D eigenvalue weighted by atomic mass is 9.83. The van der Waals surface area contributed by atoms with Gasteiger partial charge in [0.15, 0.2) is 0 Å². The van der Waals surface area contributed by atoms with Crippen LogP contribution in [0.3, 0.4) is 0 Å². The largest absolute Gasteiger partial charge is 0.463 e. The van der Waals surface area contributed by atoms with Gasteiger partial charge >= 0.3 is 11.9 Å². The predicted octanol–water partition coefficient (Wildman–Crippen LogP) is 2.54. The average Bonchev–Trinajstić information content (AvgIpc) is 3.23. The number of ether oxygens (including phenoxy) is 2. The number of hydrogen-bond acceptors (Lipinski definition) is 9. The minimum atomic E-state index is -0.887. The van der Waals surface area contributed by atoms with E-state index in [0.29, 0.717) is 22.8 Å². The van der Waals surface area contributed by atoms with Crippen molar-refractivity contribution in [2.45, 2.75) is 33.6 Å². The highest BCUT2D eigenvalue weighted by Crippen LogP contribution is 2.38. The number of nitrogens with one attached hydrogen (secondary N) is 1. The van der Waals surface area contributed by atoms with E-state index in [1.54, 1.807) is 33.8 Å². The summed E-state index contributed by atoms with van der Waals surface area (Å²) in [6, 6.07) is 5.88. The second-order valence-corrected chi connectivity index (χ2v) is 6.94. The molecule has 0 saturated heterocycles. The fraction of sp³-hybridized carbons (Fsp3) is 0.333. The number of esters is 2. The first-order chi connectivity index (χ1) is 15.3. The number of carbonyl (C=O) groups excluding carboxylic acids is 2. The highest BCUT2D eigenvalue weighted by Gasteiger charge is 2.39. The first-order valence-corrected chi connectivity index (χ1v) is 9.98. The van der Waals surface area contributed by atoms with E-state index in [1.165, 1.54) is 29.1 Å². The van der Waals surface area contributed by atoms with Crippen LogP contribution in [0.15, 0.2) is 53.0 Å². The molecule has 1 aromatic carbocycles. The number of rotatable bonds is 7. The van der Waals surface area contributed by atoms with Crippen molar-refractivity contribution in [3.05, 3.63) is 68.8 Å². The molecule has 168 valence electrons. The van der Waals surface area contributed by atoms with Gasteiger partial charge in [0.1, 0.15) is 0 Å². The van der Waals surface area contributed by atoms with Gasteiger partial charge in [-0.25, -0.2) is 14.3 Å². The van der Waals surface area contributed by atoms with Crippen LogP contribution in [0.4, 0.5) is 5.69 Å². The lowest BCUT2D eigenvalue weighted by molar-refractivity contribution is -0.384. The molecule has 0 atom stereocenters. The van der Waals surface area contributed by atoms with E-state index in [1.807, 2.05) is 0 Å². The molecule has 1 N–H and O–H groups in total. The molecule has 11 heteroatoms. The third kappa shape index (κ3) is 4.36. The van der Waals surface area contributed by atoms with Crippen LogP contribution in [0.1, 0.15) is 39.3 Å². The SMILES string of the molecule is CCOC(=O)C1=C(C)NC(C)=C(C(=O)OCC)C1c1cn(-c2cccc([N+](=O)[O-])c2)nn1. The molecule has 11 nitrogen and oxygen atoms in total. The van der Waals surface area contributed by atoms with Gasteiger partial charge in [-0.2, -0.15) is 0 Å². The maximum Gasteiger partial charge on any atom is 0.336 e. The summed E-state index contributed by atoms with van der Waals surface area (Å²) in [6.45, 7) is 7.08. The molecule has 0 amide bonds. The Bertz CT molecular complexity index is 1090. The third-order valence-electron chi connectivity index (χ3n) is 4.86. The highest BCUT2D eigenvalue weighted by atomic mass is 16.6. The molecular weight excluding hydrogens is 418 g/mol. The van der Waals surface area contributed by atoms with Crippen LogP contribution in [0.2, 0.25) is 0 Å². The molecule has 0 bridgehead atoms. The molecule has 1 aliphatic heterocycles. The number of aromatic nitrogens is 3. The van der Waals surface area contributed by atoms with Crippen molar-refractivity contribution in [1.29, 1.82) is 0 Å². The molecule has 0 radical (unpaired) electrons. The summed E-state index contributed by atoms with van der Waals surface area (Å²) in [5.74, 6) is -2.08. The first-order valence-electron chi connectivity index (χ1n) is 9.98. The van der Waals surface area contributed by atoms with Crippen molar-refractivity contribution in [2.24, 2.45) is 0 Å². The van der Waals surface area contributed by atoms with E-state index in [4.69, 9.17) is 9.47 Å². The normalized spacial score (nSPS) is 14.2. The van der Waals surface area contributed by atoms with E-state index < -0.39 is 22.8 Å². The molecular formula is C21H23N5O6. The topological polar surface area (TPSA) is 138 Å². The quantitative estimate of drug-likeness (QED) is 0.390. The maximum absolute atomic E-state index is 12.8. The predicted molar refractivity (Wildman–Crippen MR) is 113 cm³/mol. The smallest absolute Gasteiger partial charge is 0.336 e. The van der Waals surface area contributed by atoms with Gasteiger partial charge in [-0.05, 0) is 33.8 Å². The van der Waals surface area contributed by atoms with Crippen molar-refractivity contribution < 1.29 is 24.0 Å². The standard InChI is InChI=1S/C21H23N5O6/c1-5-31-20(27)17-12(3)22-13(4)18(21(28)32-6-2)19(17)16-11-25(24-23-16)14-8-7-9-15(10-14)26(29)30/h7-11,19,22H,5-6H2,1-4H3. The van der Waals surface area contributed by atoms with Gasteiger partial charge in [0.25, 0.3) is 5.69 Å². The molecule has 1 aromatic heterocycles. The zero-order valence-electron chi connectivity index (χ0n) is 18.1. The Morgan fingerprint density at radius 3 is 2.25 bits per heavy atom. The second-order valence-electron chi connectivity index (χ2n) is 6.94. The number of dihydropyridines is 1. The number of benzene rings is 1. The summed E-state index contributed by atoms with van der Waals surface area (Å²) in [5, 5.41) is 22.4. The van der Waals surface area contributed by atoms with E-state index in [9.17, 15) is 19.7 Å². The Balaban J connectivity index is 2.12. The van der Waals surface area contributed by atoms with Crippen LogP contribution < -0.4 is 5.32 Å². The van der Waals surface area contributed by atoms with Crippen LogP contribution in [-0.4, -0.2) is 45.1 Å². The van der Waals surface area contributed by atoms with E-state index in [0.717, 1.165) is 0 Å². The van der Waals surface area contributed by atoms with Crippen LogP contribution in [0.25, 0.3) is 5.69 Å². The molecule has 3 rings (SSSR count). The van der Waals surface area contributed by atoms with E-state index in [-0.39, 0.29) is 30.0 Å². The zero-order chi connectivity index (χ0) is 23.4. The number of nitrogens with zero attached hydrogens (tertiary/aromatic N) is 4. The maximum atomic E-state index is 12.8. The average molecular weight is 441 g/mol. The number of carbonyl (C=O) groups is 2. The number of allylic oxidation sites excluding steroid dienone is 2. The highest BCUT2D eigenvalue weighted by molar-refractivity contribution is 5.99. The Morgan fingerprint density at radius 1 is 1.12 bits per heavy atom. The number of non-ortho nitro benzene ring substituents is 1. The number of hydrogen-bond donors (Lipinski definition) is 1. The molecule has 32 heavy (non-hydrogen) atoms. The van der Waals surface area contributed by atoms with E-state index in [2.05, 4.69) is 15.6 Å². The molecule has 0 aliphatic carbocycles. The Labute approximate surface area is 183 Å². The minimum Gasteiger partial charge on any atom is -0.463 e. The van der Waals surface area contributed by atoms with Gasteiger partial charge < -0.3 is 14.8 Å². The van der Waals surface area contributed by atoms with Crippen molar-refractivity contribution in [1.82, 2.24) is 20.3 Å². The van der Waals surface area contributed by atoms with Gasteiger partial charge in [0.05, 0.1) is 52.8 Å². The van der Waals surface area contributed by atoms with E-state index >= 15 is 0 Å². The summed E-state index contributed by atoms with van der Waals surface area (Å²) < 4.78 is 11.8. The van der Waals surface area contributed by atoms with Crippen LogP contribution >= 0.6 is 0 Å². The van der Waals surface area contributed by atoms with Crippen molar-refractivity contribution >= 4 is 17.6 Å². The molecule has 0 unspecified atom stereocenters. The van der Waals surface area contributed by atoms with Crippen molar-refractivity contribution in [3.63, 3.8) is 0 Å². The van der Waals surface area contributed by atoms with Gasteiger partial charge in [-0.1, -0.05) is 11.3 Å². The summed E-state index contributed by atoms with van der Waals surface area (Å²) >= 11 is 0. The second kappa shape index (κ2) is 9.41. The van der Waals surface area contributed by atoms with Gasteiger partial charge in [0, 0.05) is 23.5 Å². The van der Waals surface area contributed by atoms with Gasteiger partial charge in [-0.15, -0.1) is 5.10 Å². The summed E-state index contributed by atoms with van der Waals surface area (Å²) in [5.41, 5.74) is 2.06. The fourth-order valence-electron chi connectivity index (χ4n) is 3.53. The molecule has 2 aromatic rings. The van der Waals surface area contributed by atoms with Crippen LogP contribution in [-0.2, 0) is 19.1 Å². The zero-order valence-corrected chi connectivity index (χ0v) is 18.1. The monoisotopic (exact) mass is 441 g/mol. The lowest BCUT2D eigenvalue weighted by Crippen LogP contribution is -2.32. The third-order valence-corrected chi connectivity index (χ3v) is 4.86. The Hall–Kier alpha value is -4.02. The first kappa shape index (κ1) is 22.7. The summed E-state index contributed by atoms with van der Waals surface area (Å²) in [4.78, 5) is 36.2. The number of nitro groups is 1. The van der Waals surface area contributed by atoms with Gasteiger partial charge in [0.2, 0.25) is 0 Å².